The van der Waals surface area contributed by atoms with E-state index in [1.807, 2.05) is 13.8 Å². The second kappa shape index (κ2) is 5.94. The zero-order valence-electron chi connectivity index (χ0n) is 12.8. The van der Waals surface area contributed by atoms with Crippen molar-refractivity contribution in [1.29, 1.82) is 0 Å². The summed E-state index contributed by atoms with van der Waals surface area (Å²) in [6, 6.07) is -1.03. The second-order valence-electron chi connectivity index (χ2n) is 6.28. The number of nitrogens with one attached hydrogen (secondary N) is 1. The summed E-state index contributed by atoms with van der Waals surface area (Å²) in [5, 5.41) is 2.82. The topological polar surface area (TPSA) is 83.6 Å². The number of rotatable bonds is 6. The van der Waals surface area contributed by atoms with Crippen LogP contribution in [-0.4, -0.2) is 55.3 Å². The lowest BCUT2D eigenvalue weighted by atomic mass is 9.95. The number of carbonyl (C=O) groups excluding carboxylic acids is 2. The molecule has 1 heterocycles. The molecule has 0 spiro atoms. The third kappa shape index (κ3) is 3.56. The molecule has 0 aromatic rings. The third-order valence-electron chi connectivity index (χ3n) is 4.26. The van der Waals surface area contributed by atoms with Gasteiger partial charge in [-0.05, 0) is 24.7 Å². The lowest BCUT2D eigenvalue weighted by Gasteiger charge is -2.41. The highest BCUT2D eigenvalue weighted by Crippen LogP contribution is 2.35. The number of piperazine rings is 1. The molecule has 0 radical (unpaired) electrons. The minimum absolute atomic E-state index is 0.0431. The molecule has 2 aliphatic rings. The number of carbonyl (C=O) groups is 2. The predicted octanol–water partition coefficient (Wildman–Crippen LogP) is 0.183. The van der Waals surface area contributed by atoms with E-state index in [4.69, 9.17) is 0 Å². The molecule has 0 bridgehead atoms. The van der Waals surface area contributed by atoms with E-state index in [-0.39, 0.29) is 41.7 Å². The molecule has 2 unspecified atom stereocenters. The monoisotopic (exact) mass is 316 g/mol. The molecule has 120 valence electrons. The molecule has 7 heteroatoms. The van der Waals surface area contributed by atoms with E-state index in [0.717, 1.165) is 12.8 Å². The first-order valence-corrected chi connectivity index (χ1v) is 9.40. The van der Waals surface area contributed by atoms with Gasteiger partial charge in [0.05, 0.1) is 5.75 Å². The van der Waals surface area contributed by atoms with E-state index in [0.29, 0.717) is 0 Å². The van der Waals surface area contributed by atoms with Gasteiger partial charge in [0.15, 0.2) is 9.84 Å². The van der Waals surface area contributed by atoms with Crippen LogP contribution in [0.3, 0.4) is 0 Å². The Morgan fingerprint density at radius 3 is 2.38 bits per heavy atom. The van der Waals surface area contributed by atoms with E-state index in [1.165, 1.54) is 4.90 Å². The number of hydrogen-bond acceptors (Lipinski definition) is 4. The average Bonchev–Trinajstić information content (AvgIpc) is 3.23. The van der Waals surface area contributed by atoms with E-state index < -0.39 is 21.9 Å². The molecule has 1 saturated heterocycles. The summed E-state index contributed by atoms with van der Waals surface area (Å²) in [5.74, 6) is -0.126. The fourth-order valence-electron chi connectivity index (χ4n) is 2.80. The van der Waals surface area contributed by atoms with E-state index in [1.54, 1.807) is 6.92 Å². The highest BCUT2D eigenvalue weighted by atomic mass is 32.2. The Balaban J connectivity index is 2.17. The highest BCUT2D eigenvalue weighted by Gasteiger charge is 2.47. The summed E-state index contributed by atoms with van der Waals surface area (Å²) in [7, 11) is -3.16. The molecular formula is C14H24N2O4S. The summed E-state index contributed by atoms with van der Waals surface area (Å²) < 4.78 is 23.4. The Kier molecular flexibility index (Phi) is 4.60. The lowest BCUT2D eigenvalue weighted by Crippen LogP contribution is -2.66. The Morgan fingerprint density at radius 2 is 1.90 bits per heavy atom. The maximum atomic E-state index is 12.6. The smallest absolute Gasteiger partial charge is 0.246 e. The molecule has 6 nitrogen and oxygen atoms in total. The summed E-state index contributed by atoms with van der Waals surface area (Å²) in [4.78, 5) is 26.3. The molecule has 2 amide bonds. The van der Waals surface area contributed by atoms with Crippen molar-refractivity contribution in [3.8, 4) is 0 Å². The van der Waals surface area contributed by atoms with Crippen LogP contribution in [0.25, 0.3) is 0 Å². The summed E-state index contributed by atoms with van der Waals surface area (Å²) in [6.07, 6.45) is 1.90. The molecule has 1 aliphatic carbocycles. The zero-order chi connectivity index (χ0) is 15.8. The molecule has 2 rings (SSSR count). The van der Waals surface area contributed by atoms with Crippen LogP contribution in [0.2, 0.25) is 0 Å². The highest BCUT2D eigenvalue weighted by molar-refractivity contribution is 7.91. The number of hydrogen-bond donors (Lipinski definition) is 1. The van der Waals surface area contributed by atoms with Crippen LogP contribution in [0.4, 0.5) is 0 Å². The van der Waals surface area contributed by atoms with Crippen molar-refractivity contribution in [2.24, 2.45) is 11.8 Å². The fraction of sp³-hybridized carbons (Fsp3) is 0.857. The van der Waals surface area contributed by atoms with Crippen LogP contribution < -0.4 is 5.32 Å². The van der Waals surface area contributed by atoms with E-state index >= 15 is 0 Å². The quantitative estimate of drug-likeness (QED) is 0.758. The summed E-state index contributed by atoms with van der Waals surface area (Å²) in [6.45, 7) is 5.44. The number of amides is 2. The van der Waals surface area contributed by atoms with E-state index in [2.05, 4.69) is 5.32 Å². The van der Waals surface area contributed by atoms with Crippen molar-refractivity contribution in [2.75, 3.05) is 18.1 Å². The third-order valence-corrected chi connectivity index (χ3v) is 5.94. The Morgan fingerprint density at radius 1 is 1.29 bits per heavy atom. The Labute approximate surface area is 126 Å². The first-order valence-electron chi connectivity index (χ1n) is 7.58. The molecule has 1 aliphatic heterocycles. The molecule has 1 saturated carbocycles. The Bertz CT molecular complexity index is 525. The molecular weight excluding hydrogens is 292 g/mol. The van der Waals surface area contributed by atoms with Crippen molar-refractivity contribution in [3.05, 3.63) is 0 Å². The van der Waals surface area contributed by atoms with Crippen LogP contribution in [0.5, 0.6) is 0 Å². The summed E-state index contributed by atoms with van der Waals surface area (Å²) >= 11 is 0. The van der Waals surface area contributed by atoms with Gasteiger partial charge < -0.3 is 10.2 Å². The van der Waals surface area contributed by atoms with Gasteiger partial charge in [-0.3, -0.25) is 9.59 Å². The molecule has 2 fully saturated rings. The van der Waals surface area contributed by atoms with Crippen molar-refractivity contribution in [3.63, 3.8) is 0 Å². The van der Waals surface area contributed by atoms with Gasteiger partial charge in [-0.1, -0.05) is 20.8 Å². The predicted molar refractivity (Wildman–Crippen MR) is 79.3 cm³/mol. The van der Waals surface area contributed by atoms with Gasteiger partial charge >= 0.3 is 0 Å². The first-order chi connectivity index (χ1) is 9.76. The largest absolute Gasteiger partial charge is 0.342 e. The van der Waals surface area contributed by atoms with Crippen LogP contribution in [0.15, 0.2) is 0 Å². The number of sulfone groups is 1. The first kappa shape index (κ1) is 16.3. The van der Waals surface area contributed by atoms with E-state index in [9.17, 15) is 18.0 Å². The van der Waals surface area contributed by atoms with Crippen LogP contribution in [0, 0.1) is 11.8 Å². The maximum Gasteiger partial charge on any atom is 0.246 e. The van der Waals surface area contributed by atoms with Gasteiger partial charge in [-0.2, -0.15) is 0 Å². The van der Waals surface area contributed by atoms with Crippen LogP contribution in [-0.2, 0) is 19.4 Å². The van der Waals surface area contributed by atoms with Gasteiger partial charge in [0.2, 0.25) is 11.8 Å². The molecule has 0 aromatic carbocycles. The normalized spacial score (nSPS) is 27.1. The van der Waals surface area contributed by atoms with Gasteiger partial charge in [0, 0.05) is 12.3 Å². The van der Waals surface area contributed by atoms with Gasteiger partial charge in [0.25, 0.3) is 0 Å². The SMILES string of the molecule is CCS(=O)(=O)CCN1C(=O)C(C2CC2)NC(=O)C1C(C)C. The van der Waals surface area contributed by atoms with Gasteiger partial charge in [-0.15, -0.1) is 0 Å². The molecule has 21 heavy (non-hydrogen) atoms. The zero-order valence-corrected chi connectivity index (χ0v) is 13.6. The van der Waals surface area contributed by atoms with Crippen molar-refractivity contribution in [2.45, 2.75) is 45.7 Å². The van der Waals surface area contributed by atoms with Crippen molar-refractivity contribution >= 4 is 21.7 Å². The molecule has 2 atom stereocenters. The van der Waals surface area contributed by atoms with Crippen LogP contribution >= 0.6 is 0 Å². The fourth-order valence-corrected chi connectivity index (χ4v) is 3.56. The standard InChI is InChI=1S/C14H24N2O4S/c1-4-21(19,20)8-7-16-12(9(2)3)13(17)15-11(14(16)18)10-5-6-10/h9-12H,4-8H2,1-3H3,(H,15,17). The summed E-state index contributed by atoms with van der Waals surface area (Å²) in [5.41, 5.74) is 0. The van der Waals surface area contributed by atoms with Crippen molar-refractivity contribution < 1.29 is 18.0 Å². The molecule has 0 aromatic heterocycles. The minimum Gasteiger partial charge on any atom is -0.342 e. The van der Waals surface area contributed by atoms with Crippen LogP contribution in [0.1, 0.15) is 33.6 Å². The average molecular weight is 316 g/mol. The maximum absolute atomic E-state index is 12.6. The number of nitrogens with zero attached hydrogens (tertiary/aromatic N) is 1. The van der Waals surface area contributed by atoms with Gasteiger partial charge in [-0.25, -0.2) is 8.42 Å². The molecule has 1 N–H and O–H groups in total. The van der Waals surface area contributed by atoms with Crippen molar-refractivity contribution in [1.82, 2.24) is 10.2 Å². The lowest BCUT2D eigenvalue weighted by molar-refractivity contribution is -0.151. The minimum atomic E-state index is -3.16. The Hall–Kier alpha value is -1.11. The van der Waals surface area contributed by atoms with Gasteiger partial charge in [0.1, 0.15) is 12.1 Å². The second-order valence-corrected chi connectivity index (χ2v) is 8.75.